The first kappa shape index (κ1) is 35.5. The molecular formula is C24H57N3O5SSi2. The zero-order valence-electron chi connectivity index (χ0n) is 24.4. The summed E-state index contributed by atoms with van der Waals surface area (Å²) >= 11 is 1.49. The zero-order valence-corrected chi connectivity index (χ0v) is 27.2. The van der Waals surface area contributed by atoms with Crippen molar-refractivity contribution in [2.75, 3.05) is 86.0 Å². The first-order chi connectivity index (χ1) is 16.9. The predicted octanol–water partition coefficient (Wildman–Crippen LogP) is 4.68. The van der Waals surface area contributed by atoms with Crippen LogP contribution in [0.3, 0.4) is 0 Å². The van der Waals surface area contributed by atoms with Gasteiger partial charge >= 0.3 is 17.6 Å². The van der Waals surface area contributed by atoms with Gasteiger partial charge in [-0.3, -0.25) is 0 Å². The molecule has 0 saturated heterocycles. The normalized spacial score (nSPS) is 14.4. The topological polar surface area (TPSA) is 55.9 Å². The van der Waals surface area contributed by atoms with E-state index >= 15 is 0 Å². The molecule has 0 N–H and O–H groups in total. The van der Waals surface area contributed by atoms with Crippen molar-refractivity contribution in [2.24, 2.45) is 0 Å². The molecule has 0 heterocycles. The molecule has 0 saturated carbocycles. The standard InChI is InChI=1S/C24H57N3O5SSi2/c1-10-25(11-2)19-16-22-33-31-35(30-9,24-18-21-27(14-5)15-6)32-34(28-7,29-8)23-17-20-26(12-3)13-4/h10-24H2,1-9H3. The Bertz CT molecular complexity index is 486. The van der Waals surface area contributed by atoms with E-state index in [9.17, 15) is 0 Å². The molecule has 0 radical (unpaired) electrons. The number of hydrogen-bond donors (Lipinski definition) is 0. The molecule has 0 bridgehead atoms. The van der Waals surface area contributed by atoms with E-state index in [1.165, 1.54) is 12.0 Å². The van der Waals surface area contributed by atoms with Crippen LogP contribution in [0, 0.1) is 0 Å². The molecular weight excluding hydrogens is 499 g/mol. The summed E-state index contributed by atoms with van der Waals surface area (Å²) in [6.45, 7) is 22.6. The summed E-state index contributed by atoms with van der Waals surface area (Å²) in [5.74, 6) is 0.907. The second-order valence-corrected chi connectivity index (χ2v) is 15.7. The van der Waals surface area contributed by atoms with E-state index < -0.39 is 17.6 Å². The third kappa shape index (κ3) is 14.3. The summed E-state index contributed by atoms with van der Waals surface area (Å²) in [5, 5.41) is 0. The molecule has 0 aromatic carbocycles. The molecule has 0 rings (SSSR count). The second kappa shape index (κ2) is 21.4. The molecule has 1 unspecified atom stereocenters. The summed E-state index contributed by atoms with van der Waals surface area (Å²) < 4.78 is 31.3. The van der Waals surface area contributed by atoms with Gasteiger partial charge < -0.3 is 36.0 Å². The first-order valence-electron chi connectivity index (χ1n) is 13.7. The molecule has 0 aromatic rings. The SMILES string of the molecule is CCN(CC)CCCSO[Si](CCCN(CC)CC)(OC)O[Si](CCCN(CC)CC)(OC)OC. The van der Waals surface area contributed by atoms with Gasteiger partial charge in [0, 0.05) is 39.2 Å². The molecule has 0 aromatic heterocycles. The summed E-state index contributed by atoms with van der Waals surface area (Å²) in [6.07, 6.45) is 2.99. The van der Waals surface area contributed by atoms with Crippen LogP contribution in [0.25, 0.3) is 0 Å². The summed E-state index contributed by atoms with van der Waals surface area (Å²) in [4.78, 5) is 7.27. The third-order valence-electron chi connectivity index (χ3n) is 6.73. The Labute approximate surface area is 224 Å². The van der Waals surface area contributed by atoms with Gasteiger partial charge in [0.1, 0.15) is 0 Å². The molecule has 0 aliphatic rings. The average molecular weight is 556 g/mol. The van der Waals surface area contributed by atoms with Crippen molar-refractivity contribution in [2.45, 2.75) is 72.9 Å². The fourth-order valence-electron chi connectivity index (χ4n) is 4.08. The van der Waals surface area contributed by atoms with Crippen molar-refractivity contribution >= 4 is 29.7 Å². The largest absolute Gasteiger partial charge is 0.504 e. The van der Waals surface area contributed by atoms with Crippen LogP contribution in [0.5, 0.6) is 0 Å². The van der Waals surface area contributed by atoms with Crippen LogP contribution in [0.15, 0.2) is 0 Å². The summed E-state index contributed by atoms with van der Waals surface area (Å²) in [7, 11) is -0.810. The van der Waals surface area contributed by atoms with E-state index in [1.807, 2.05) is 0 Å². The maximum atomic E-state index is 6.76. The Morgan fingerprint density at radius 2 is 0.914 bits per heavy atom. The van der Waals surface area contributed by atoms with Gasteiger partial charge in [0.15, 0.2) is 0 Å². The van der Waals surface area contributed by atoms with Crippen LogP contribution in [-0.4, -0.2) is 118 Å². The van der Waals surface area contributed by atoms with Gasteiger partial charge in [-0.25, -0.2) is 0 Å². The van der Waals surface area contributed by atoms with Crippen molar-refractivity contribution in [3.05, 3.63) is 0 Å². The monoisotopic (exact) mass is 555 g/mol. The summed E-state index contributed by atoms with van der Waals surface area (Å²) in [5.41, 5.74) is 0. The van der Waals surface area contributed by atoms with E-state index in [0.29, 0.717) is 0 Å². The lowest BCUT2D eigenvalue weighted by Gasteiger charge is -2.36. The molecule has 212 valence electrons. The quantitative estimate of drug-likeness (QED) is 0.0908. The smallest absolute Gasteiger partial charge is 0.377 e. The maximum Gasteiger partial charge on any atom is 0.504 e. The number of nitrogens with zero attached hydrogens (tertiary/aromatic N) is 3. The Morgan fingerprint density at radius 1 is 0.543 bits per heavy atom. The van der Waals surface area contributed by atoms with Gasteiger partial charge in [0.05, 0.1) is 0 Å². The van der Waals surface area contributed by atoms with E-state index in [1.54, 1.807) is 21.3 Å². The fraction of sp³-hybridized carbons (Fsp3) is 1.00. The van der Waals surface area contributed by atoms with Crippen LogP contribution in [-0.2, 0) is 21.3 Å². The molecule has 0 amide bonds. The van der Waals surface area contributed by atoms with Gasteiger partial charge in [0.2, 0.25) is 0 Å². The molecule has 0 spiro atoms. The molecule has 0 aliphatic carbocycles. The second-order valence-electron chi connectivity index (χ2n) is 8.63. The molecule has 1 atom stereocenters. The van der Waals surface area contributed by atoms with Crippen molar-refractivity contribution in [3.63, 3.8) is 0 Å². The highest BCUT2D eigenvalue weighted by molar-refractivity contribution is 7.95. The minimum absolute atomic E-state index is 0.751. The van der Waals surface area contributed by atoms with E-state index in [4.69, 9.17) is 21.3 Å². The highest BCUT2D eigenvalue weighted by Crippen LogP contribution is 2.30. The zero-order chi connectivity index (χ0) is 26.6. The van der Waals surface area contributed by atoms with Crippen LogP contribution >= 0.6 is 12.0 Å². The third-order valence-corrected chi connectivity index (χ3v) is 15.0. The van der Waals surface area contributed by atoms with Crippen molar-refractivity contribution in [1.29, 1.82) is 0 Å². The first-order valence-corrected chi connectivity index (χ1v) is 18.5. The van der Waals surface area contributed by atoms with Crippen LogP contribution in [0.4, 0.5) is 0 Å². The van der Waals surface area contributed by atoms with Gasteiger partial charge in [-0.15, -0.1) is 0 Å². The molecule has 0 fully saturated rings. The fourth-order valence-corrected chi connectivity index (χ4v) is 12.1. The van der Waals surface area contributed by atoms with Gasteiger partial charge in [-0.05, 0) is 90.2 Å². The molecule has 8 nitrogen and oxygen atoms in total. The van der Waals surface area contributed by atoms with Gasteiger partial charge in [-0.1, -0.05) is 41.5 Å². The minimum atomic E-state index is -3.01. The Hall–Kier alpha value is 0.464. The Kier molecular flexibility index (Phi) is 21.7. The van der Waals surface area contributed by atoms with Gasteiger partial charge in [0.25, 0.3) is 0 Å². The van der Waals surface area contributed by atoms with E-state index in [2.05, 4.69) is 56.2 Å². The Morgan fingerprint density at radius 3 is 1.29 bits per heavy atom. The molecule has 35 heavy (non-hydrogen) atoms. The lowest BCUT2D eigenvalue weighted by molar-refractivity contribution is 0.106. The molecule has 0 aliphatic heterocycles. The van der Waals surface area contributed by atoms with Crippen LogP contribution < -0.4 is 0 Å². The van der Waals surface area contributed by atoms with Crippen molar-refractivity contribution < 1.29 is 21.3 Å². The van der Waals surface area contributed by atoms with Crippen LogP contribution in [0.2, 0.25) is 12.1 Å². The lowest BCUT2D eigenvalue weighted by atomic mass is 10.4. The highest BCUT2D eigenvalue weighted by atomic mass is 32.2. The predicted molar refractivity (Wildman–Crippen MR) is 154 cm³/mol. The highest BCUT2D eigenvalue weighted by Gasteiger charge is 2.52. The van der Waals surface area contributed by atoms with Crippen LogP contribution in [0.1, 0.15) is 60.8 Å². The minimum Gasteiger partial charge on any atom is -0.377 e. The Balaban J connectivity index is 5.34. The van der Waals surface area contributed by atoms with Crippen molar-refractivity contribution in [3.8, 4) is 0 Å². The number of hydrogen-bond acceptors (Lipinski definition) is 9. The van der Waals surface area contributed by atoms with Gasteiger partial charge in [-0.2, -0.15) is 0 Å². The maximum absolute atomic E-state index is 6.76. The van der Waals surface area contributed by atoms with E-state index in [0.717, 1.165) is 96.0 Å². The van der Waals surface area contributed by atoms with Crippen molar-refractivity contribution in [1.82, 2.24) is 14.7 Å². The average Bonchev–Trinajstić information content (AvgIpc) is 2.90. The van der Waals surface area contributed by atoms with E-state index in [-0.39, 0.29) is 0 Å². The summed E-state index contributed by atoms with van der Waals surface area (Å²) in [6, 6.07) is 1.50. The lowest BCUT2D eigenvalue weighted by Crippen LogP contribution is -2.57. The number of rotatable bonds is 25. The molecule has 11 heteroatoms.